The van der Waals surface area contributed by atoms with Crippen molar-refractivity contribution in [2.45, 2.75) is 32.7 Å². The maximum Gasteiger partial charge on any atom is 0.136 e. The van der Waals surface area contributed by atoms with Gasteiger partial charge in [-0.15, -0.1) is 0 Å². The van der Waals surface area contributed by atoms with E-state index in [1.54, 1.807) is 7.11 Å². The lowest BCUT2D eigenvalue weighted by atomic mass is 10.0. The zero-order valence-electron chi connectivity index (χ0n) is 11.9. The van der Waals surface area contributed by atoms with Crippen molar-refractivity contribution in [2.24, 2.45) is 5.92 Å². The molecule has 0 bridgehead atoms. The van der Waals surface area contributed by atoms with Crippen LogP contribution in [-0.4, -0.2) is 25.1 Å². The number of hydrogen-bond donors (Lipinski definition) is 0. The van der Waals surface area contributed by atoms with Crippen molar-refractivity contribution >= 4 is 0 Å². The van der Waals surface area contributed by atoms with Crippen LogP contribution < -0.4 is 4.74 Å². The third-order valence-electron chi connectivity index (χ3n) is 3.86. The fourth-order valence-corrected chi connectivity index (χ4v) is 2.90. The maximum absolute atomic E-state index is 9.10. The lowest BCUT2D eigenvalue weighted by Crippen LogP contribution is -2.20. The summed E-state index contributed by atoms with van der Waals surface area (Å²) in [6.45, 7) is 5.57. The third kappa shape index (κ3) is 3.48. The summed E-state index contributed by atoms with van der Waals surface area (Å²) in [7, 11) is 1.60. The lowest BCUT2D eigenvalue weighted by molar-refractivity contribution is 0.312. The topological polar surface area (TPSA) is 36.3 Å². The van der Waals surface area contributed by atoms with E-state index in [0.29, 0.717) is 11.3 Å². The van der Waals surface area contributed by atoms with Crippen molar-refractivity contribution in [1.29, 1.82) is 5.26 Å². The zero-order chi connectivity index (χ0) is 13.7. The van der Waals surface area contributed by atoms with Gasteiger partial charge in [0.1, 0.15) is 11.8 Å². The molecule has 1 aliphatic rings. The molecule has 1 fully saturated rings. The van der Waals surface area contributed by atoms with Gasteiger partial charge in [-0.05, 0) is 43.0 Å². The monoisotopic (exact) mass is 258 g/mol. The Hall–Kier alpha value is -1.53. The highest BCUT2D eigenvalue weighted by Crippen LogP contribution is 2.24. The van der Waals surface area contributed by atoms with Crippen LogP contribution in [0.5, 0.6) is 5.75 Å². The number of nitrogens with zero attached hydrogens (tertiary/aromatic N) is 2. The zero-order valence-corrected chi connectivity index (χ0v) is 11.9. The van der Waals surface area contributed by atoms with E-state index < -0.39 is 0 Å². The van der Waals surface area contributed by atoms with Crippen molar-refractivity contribution in [3.8, 4) is 11.8 Å². The van der Waals surface area contributed by atoms with E-state index in [4.69, 9.17) is 10.00 Å². The molecule has 3 nitrogen and oxygen atoms in total. The molecule has 1 aromatic carbocycles. The van der Waals surface area contributed by atoms with Crippen LogP contribution in [0.2, 0.25) is 0 Å². The van der Waals surface area contributed by atoms with E-state index in [9.17, 15) is 0 Å². The molecule has 0 radical (unpaired) electrons. The first kappa shape index (κ1) is 13.9. The molecule has 19 heavy (non-hydrogen) atoms. The minimum atomic E-state index is 0.629. The van der Waals surface area contributed by atoms with Crippen molar-refractivity contribution in [3.05, 3.63) is 29.3 Å². The molecule has 102 valence electrons. The first-order chi connectivity index (χ1) is 9.26. The van der Waals surface area contributed by atoms with Gasteiger partial charge in [0.15, 0.2) is 0 Å². The second-order valence-electron chi connectivity index (χ2n) is 5.32. The van der Waals surface area contributed by atoms with Crippen LogP contribution in [0, 0.1) is 17.2 Å². The first-order valence-corrected chi connectivity index (χ1v) is 7.06. The second-order valence-corrected chi connectivity index (χ2v) is 5.32. The summed E-state index contributed by atoms with van der Waals surface area (Å²) in [5, 5.41) is 9.10. The van der Waals surface area contributed by atoms with E-state index in [2.05, 4.69) is 24.0 Å². The van der Waals surface area contributed by atoms with Crippen LogP contribution in [0.4, 0.5) is 0 Å². The van der Waals surface area contributed by atoms with Crippen LogP contribution in [-0.2, 0) is 6.54 Å². The van der Waals surface area contributed by atoms with Gasteiger partial charge in [-0.3, -0.25) is 4.90 Å². The number of hydrogen-bond acceptors (Lipinski definition) is 3. The Morgan fingerprint density at radius 1 is 1.47 bits per heavy atom. The average Bonchev–Trinajstić information content (AvgIpc) is 2.86. The SMILES string of the molecule is CCCC1CCN(Cc2ccc(OC)c(C#N)c2)C1. The fourth-order valence-electron chi connectivity index (χ4n) is 2.90. The van der Waals surface area contributed by atoms with Gasteiger partial charge in [0.25, 0.3) is 0 Å². The van der Waals surface area contributed by atoms with Crippen molar-refractivity contribution in [3.63, 3.8) is 0 Å². The molecule has 1 unspecified atom stereocenters. The average molecular weight is 258 g/mol. The van der Waals surface area contributed by atoms with Crippen LogP contribution in [0.15, 0.2) is 18.2 Å². The highest BCUT2D eigenvalue weighted by molar-refractivity contribution is 5.45. The quantitative estimate of drug-likeness (QED) is 0.813. The van der Waals surface area contributed by atoms with Crippen LogP contribution in [0.25, 0.3) is 0 Å². The van der Waals surface area contributed by atoms with Crippen molar-refractivity contribution < 1.29 is 4.74 Å². The summed E-state index contributed by atoms with van der Waals surface area (Å²) in [4.78, 5) is 2.49. The number of ether oxygens (including phenoxy) is 1. The summed E-state index contributed by atoms with van der Waals surface area (Å²) in [6.07, 6.45) is 3.93. The molecule has 1 saturated heterocycles. The molecule has 0 saturated carbocycles. The highest BCUT2D eigenvalue weighted by Gasteiger charge is 2.21. The number of methoxy groups -OCH3 is 1. The summed E-state index contributed by atoms with van der Waals surface area (Å²) >= 11 is 0. The standard InChI is InChI=1S/C16H22N2O/c1-3-4-13-7-8-18(11-13)12-14-5-6-16(19-2)15(9-14)10-17/h5-6,9,13H,3-4,7-8,11-12H2,1-2H3. The van der Waals surface area contributed by atoms with Gasteiger partial charge in [0, 0.05) is 13.1 Å². The molecule has 1 atom stereocenters. The molecule has 0 aromatic heterocycles. The molecule has 3 heteroatoms. The van der Waals surface area contributed by atoms with E-state index in [1.165, 1.54) is 37.9 Å². The largest absolute Gasteiger partial charge is 0.495 e. The number of nitriles is 1. The Balaban J connectivity index is 1.99. The van der Waals surface area contributed by atoms with Crippen LogP contribution in [0.3, 0.4) is 0 Å². The van der Waals surface area contributed by atoms with Crippen LogP contribution >= 0.6 is 0 Å². The molecule has 0 spiro atoms. The van der Waals surface area contributed by atoms with Gasteiger partial charge in [0.05, 0.1) is 12.7 Å². The van der Waals surface area contributed by atoms with Gasteiger partial charge in [-0.25, -0.2) is 0 Å². The van der Waals surface area contributed by atoms with E-state index in [-0.39, 0.29) is 0 Å². The highest BCUT2D eigenvalue weighted by atomic mass is 16.5. The Kier molecular flexibility index (Phi) is 4.81. The van der Waals surface area contributed by atoms with E-state index in [1.807, 2.05) is 12.1 Å². The summed E-state index contributed by atoms with van der Waals surface area (Å²) in [5.74, 6) is 1.52. The first-order valence-electron chi connectivity index (χ1n) is 7.06. The van der Waals surface area contributed by atoms with Gasteiger partial charge >= 0.3 is 0 Å². The van der Waals surface area contributed by atoms with Gasteiger partial charge < -0.3 is 4.74 Å². The Morgan fingerprint density at radius 2 is 2.32 bits per heavy atom. The Morgan fingerprint density at radius 3 is 3.00 bits per heavy atom. The number of rotatable bonds is 5. The van der Waals surface area contributed by atoms with Crippen LogP contribution in [0.1, 0.15) is 37.3 Å². The summed E-state index contributed by atoms with van der Waals surface area (Å²) < 4.78 is 5.17. The van der Waals surface area contributed by atoms with Gasteiger partial charge in [-0.1, -0.05) is 19.4 Å². The van der Waals surface area contributed by atoms with E-state index >= 15 is 0 Å². The number of benzene rings is 1. The fraction of sp³-hybridized carbons (Fsp3) is 0.562. The molecule has 1 heterocycles. The lowest BCUT2D eigenvalue weighted by Gasteiger charge is -2.16. The minimum Gasteiger partial charge on any atom is -0.495 e. The molecule has 0 N–H and O–H groups in total. The van der Waals surface area contributed by atoms with Crippen molar-refractivity contribution in [2.75, 3.05) is 20.2 Å². The minimum absolute atomic E-state index is 0.629. The summed E-state index contributed by atoms with van der Waals surface area (Å²) in [6, 6.07) is 8.11. The molecule has 0 aliphatic carbocycles. The van der Waals surface area contributed by atoms with Gasteiger partial charge in [-0.2, -0.15) is 5.26 Å². The smallest absolute Gasteiger partial charge is 0.136 e. The maximum atomic E-state index is 9.10. The number of likely N-dealkylation sites (tertiary alicyclic amines) is 1. The van der Waals surface area contributed by atoms with E-state index in [0.717, 1.165) is 12.5 Å². The Labute approximate surface area is 115 Å². The predicted molar refractivity (Wildman–Crippen MR) is 76.0 cm³/mol. The second kappa shape index (κ2) is 6.58. The molecular weight excluding hydrogens is 236 g/mol. The molecule has 1 aromatic rings. The molecule has 0 amide bonds. The Bertz CT molecular complexity index is 464. The van der Waals surface area contributed by atoms with Crippen molar-refractivity contribution in [1.82, 2.24) is 4.90 Å². The normalized spacial score (nSPS) is 19.3. The predicted octanol–water partition coefficient (Wildman–Crippen LogP) is 3.19. The molecule has 1 aliphatic heterocycles. The van der Waals surface area contributed by atoms with Gasteiger partial charge in [0.2, 0.25) is 0 Å². The molecular formula is C16H22N2O. The third-order valence-corrected chi connectivity index (χ3v) is 3.86. The summed E-state index contributed by atoms with van der Waals surface area (Å²) in [5.41, 5.74) is 1.83. The molecule has 2 rings (SSSR count).